The van der Waals surface area contributed by atoms with Gasteiger partial charge in [-0.25, -0.2) is 4.79 Å². The number of nitriles is 1. The Bertz CT molecular complexity index is 1070. The van der Waals surface area contributed by atoms with Gasteiger partial charge < -0.3 is 29.1 Å². The summed E-state index contributed by atoms with van der Waals surface area (Å²) >= 11 is 0. The van der Waals surface area contributed by atoms with Crippen molar-refractivity contribution in [3.8, 4) is 11.8 Å². The van der Waals surface area contributed by atoms with Crippen molar-refractivity contribution in [3.05, 3.63) is 23.8 Å². The number of cyclic esters (lactones) is 1. The first-order valence-electron chi connectivity index (χ1n) is 12.3. The van der Waals surface area contributed by atoms with Crippen molar-refractivity contribution in [2.24, 2.45) is 17.8 Å². The van der Waals surface area contributed by atoms with Gasteiger partial charge in [-0.1, -0.05) is 0 Å². The number of carbonyl (C=O) groups excluding carboxylic acids is 2. The monoisotopic (exact) mass is 499 g/mol. The fourth-order valence-electron chi connectivity index (χ4n) is 5.28. The molecule has 4 atom stereocenters. The van der Waals surface area contributed by atoms with Crippen LogP contribution in [0.4, 0.5) is 10.5 Å². The van der Waals surface area contributed by atoms with E-state index in [1.54, 1.807) is 30.2 Å². The number of carboxylic acids is 1. The molecule has 1 saturated carbocycles. The molecule has 2 heterocycles. The molecule has 1 aromatic rings. The molecule has 2 bridgehead atoms. The van der Waals surface area contributed by atoms with E-state index in [-0.39, 0.29) is 37.4 Å². The molecule has 3 fully saturated rings. The third kappa shape index (κ3) is 5.57. The molecule has 36 heavy (non-hydrogen) atoms. The molecule has 1 aliphatic carbocycles. The van der Waals surface area contributed by atoms with E-state index in [2.05, 4.69) is 6.07 Å². The third-order valence-electron chi connectivity index (χ3n) is 7.09. The molecule has 2 unspecified atom stereocenters. The lowest BCUT2D eigenvalue weighted by Gasteiger charge is -2.38. The number of carbonyl (C=O) groups is 3. The van der Waals surface area contributed by atoms with E-state index in [0.717, 1.165) is 6.42 Å². The molecule has 10 nitrogen and oxygen atoms in total. The summed E-state index contributed by atoms with van der Waals surface area (Å²) in [6, 6.07) is 7.10. The van der Waals surface area contributed by atoms with Crippen molar-refractivity contribution < 1.29 is 33.7 Å². The van der Waals surface area contributed by atoms with Gasteiger partial charge in [0.25, 0.3) is 0 Å². The summed E-state index contributed by atoms with van der Waals surface area (Å²) in [7, 11) is 1.61. The van der Waals surface area contributed by atoms with Crippen molar-refractivity contribution in [1.29, 1.82) is 5.26 Å². The first-order chi connectivity index (χ1) is 17.1. The Kier molecular flexibility index (Phi) is 7.41. The number of fused-ring (bicyclic) bond motifs is 3. The molecular formula is C26H33N3O7. The number of ether oxygens (including phenoxy) is 3. The van der Waals surface area contributed by atoms with Crippen molar-refractivity contribution in [2.75, 3.05) is 38.3 Å². The van der Waals surface area contributed by atoms with E-state index < -0.39 is 29.5 Å². The zero-order valence-corrected chi connectivity index (χ0v) is 20.9. The SMILES string of the molecule is COCCCOc1cc(N2C(=O)[C@@H]3C[C@H](C(=O)O)CN(C3)C(=O)OC(C)(C)CC3CC32)ccc1C#N. The van der Waals surface area contributed by atoms with E-state index in [9.17, 15) is 24.8 Å². The van der Waals surface area contributed by atoms with Gasteiger partial charge in [-0.05, 0) is 51.2 Å². The molecule has 2 saturated heterocycles. The minimum Gasteiger partial charge on any atom is -0.492 e. The number of rotatable bonds is 7. The standard InChI is InChI=1S/C26H33N3O7/c1-26(2)12-17-10-21(17)29(20-6-5-16(13-27)22(11-20)35-8-4-7-34-3)23(30)18-9-19(24(31)32)15-28(14-18)25(33)36-26/h5-6,11,17-19,21H,4,7-10,12,14-15H2,1-3H3,(H,31,32)/t17?,18-,19+,21?/m1/s1. The molecule has 194 valence electrons. The van der Waals surface area contributed by atoms with E-state index in [1.165, 1.54) is 4.90 Å². The molecule has 0 aromatic heterocycles. The van der Waals surface area contributed by atoms with Gasteiger partial charge in [0.2, 0.25) is 5.91 Å². The van der Waals surface area contributed by atoms with E-state index in [1.807, 2.05) is 13.8 Å². The zero-order valence-electron chi connectivity index (χ0n) is 20.9. The normalized spacial score (nSPS) is 27.3. The van der Waals surface area contributed by atoms with Crippen LogP contribution in [0.1, 0.15) is 45.1 Å². The van der Waals surface area contributed by atoms with Crippen LogP contribution in [0.25, 0.3) is 0 Å². The van der Waals surface area contributed by atoms with Gasteiger partial charge in [-0.3, -0.25) is 9.59 Å². The van der Waals surface area contributed by atoms with E-state index in [0.29, 0.717) is 43.1 Å². The maximum absolute atomic E-state index is 14.0. The maximum Gasteiger partial charge on any atom is 0.410 e. The minimum absolute atomic E-state index is 0.0111. The summed E-state index contributed by atoms with van der Waals surface area (Å²) in [5.41, 5.74) is 0.201. The lowest BCUT2D eigenvalue weighted by molar-refractivity contribution is -0.144. The molecule has 0 radical (unpaired) electrons. The first-order valence-corrected chi connectivity index (χ1v) is 12.3. The second-order valence-electron chi connectivity index (χ2n) is 10.5. The Hall–Kier alpha value is -3.32. The maximum atomic E-state index is 14.0. The summed E-state index contributed by atoms with van der Waals surface area (Å²) in [5, 5.41) is 19.3. The van der Waals surface area contributed by atoms with Crippen LogP contribution in [0.2, 0.25) is 0 Å². The van der Waals surface area contributed by atoms with Crippen LogP contribution in [0.5, 0.6) is 5.75 Å². The third-order valence-corrected chi connectivity index (χ3v) is 7.09. The molecular weight excluding hydrogens is 466 g/mol. The molecule has 2 amide bonds. The number of benzene rings is 1. The quantitative estimate of drug-likeness (QED) is 0.567. The summed E-state index contributed by atoms with van der Waals surface area (Å²) in [4.78, 5) is 41.8. The summed E-state index contributed by atoms with van der Waals surface area (Å²) in [6.45, 7) is 4.68. The molecule has 1 aromatic carbocycles. The molecule has 3 aliphatic rings. The second-order valence-corrected chi connectivity index (χ2v) is 10.5. The van der Waals surface area contributed by atoms with Gasteiger partial charge in [-0.2, -0.15) is 5.26 Å². The van der Waals surface area contributed by atoms with Crippen LogP contribution in [0.3, 0.4) is 0 Å². The largest absolute Gasteiger partial charge is 0.492 e. The number of nitrogens with zero attached hydrogens (tertiary/aromatic N) is 3. The zero-order chi connectivity index (χ0) is 26.0. The summed E-state index contributed by atoms with van der Waals surface area (Å²) in [6.07, 6.45) is 1.53. The minimum atomic E-state index is -1.04. The number of hydrogen-bond donors (Lipinski definition) is 1. The predicted molar refractivity (Wildman–Crippen MR) is 129 cm³/mol. The summed E-state index contributed by atoms with van der Waals surface area (Å²) in [5.74, 6) is -2.29. The van der Waals surface area contributed by atoms with Gasteiger partial charge in [0.1, 0.15) is 17.4 Å². The Balaban J connectivity index is 1.69. The molecule has 0 spiro atoms. The molecule has 10 heteroatoms. The number of carboxylic acid groups (broad SMARTS) is 1. The number of methoxy groups -OCH3 is 1. The van der Waals surface area contributed by atoms with Gasteiger partial charge >= 0.3 is 12.1 Å². The highest BCUT2D eigenvalue weighted by Gasteiger charge is 2.51. The van der Waals surface area contributed by atoms with Crippen LogP contribution in [0, 0.1) is 29.1 Å². The topological polar surface area (TPSA) is 129 Å². The van der Waals surface area contributed by atoms with Crippen LogP contribution in [0.15, 0.2) is 18.2 Å². The van der Waals surface area contributed by atoms with Gasteiger partial charge in [0.05, 0.1) is 24.0 Å². The van der Waals surface area contributed by atoms with Crippen molar-refractivity contribution in [1.82, 2.24) is 4.90 Å². The van der Waals surface area contributed by atoms with Gasteiger partial charge in [0, 0.05) is 51.0 Å². The molecule has 4 rings (SSSR count). The lowest BCUT2D eigenvalue weighted by Crippen LogP contribution is -2.52. The Morgan fingerprint density at radius 1 is 1.25 bits per heavy atom. The molecule has 1 N–H and O–H groups in total. The van der Waals surface area contributed by atoms with Gasteiger partial charge in [0.15, 0.2) is 0 Å². The number of amides is 2. The lowest BCUT2D eigenvalue weighted by atomic mass is 9.88. The predicted octanol–water partition coefficient (Wildman–Crippen LogP) is 3.04. The number of aliphatic carboxylic acids is 1. The van der Waals surface area contributed by atoms with Crippen LogP contribution in [-0.2, 0) is 19.1 Å². The van der Waals surface area contributed by atoms with Crippen LogP contribution < -0.4 is 9.64 Å². The van der Waals surface area contributed by atoms with Crippen molar-refractivity contribution in [2.45, 2.75) is 51.2 Å². The number of piperidine rings is 1. The fourth-order valence-corrected chi connectivity index (χ4v) is 5.28. The van der Waals surface area contributed by atoms with Gasteiger partial charge in [-0.15, -0.1) is 0 Å². The van der Waals surface area contributed by atoms with E-state index >= 15 is 0 Å². The first kappa shape index (κ1) is 25.8. The highest BCUT2D eigenvalue weighted by Crippen LogP contribution is 2.46. The molecule has 2 aliphatic heterocycles. The fraction of sp³-hybridized carbons (Fsp3) is 0.615. The number of hydrogen-bond acceptors (Lipinski definition) is 7. The number of anilines is 1. The second kappa shape index (κ2) is 10.3. The Labute approximate surface area is 210 Å². The summed E-state index contributed by atoms with van der Waals surface area (Å²) < 4.78 is 16.7. The average molecular weight is 500 g/mol. The Morgan fingerprint density at radius 2 is 2.03 bits per heavy atom. The van der Waals surface area contributed by atoms with Crippen molar-refractivity contribution >= 4 is 23.7 Å². The van der Waals surface area contributed by atoms with Crippen LogP contribution in [-0.4, -0.2) is 73.0 Å². The highest BCUT2D eigenvalue weighted by atomic mass is 16.6. The highest BCUT2D eigenvalue weighted by molar-refractivity contribution is 5.97. The Morgan fingerprint density at radius 3 is 2.72 bits per heavy atom. The van der Waals surface area contributed by atoms with E-state index in [4.69, 9.17) is 14.2 Å². The van der Waals surface area contributed by atoms with Crippen LogP contribution >= 0.6 is 0 Å². The van der Waals surface area contributed by atoms with Crippen molar-refractivity contribution in [3.63, 3.8) is 0 Å². The smallest absolute Gasteiger partial charge is 0.410 e. The average Bonchev–Trinajstić information content (AvgIpc) is 3.58.